The van der Waals surface area contributed by atoms with Crippen LogP contribution in [0.15, 0.2) is 46.9 Å². The summed E-state index contributed by atoms with van der Waals surface area (Å²) < 4.78 is 1.01. The van der Waals surface area contributed by atoms with E-state index in [9.17, 15) is 0 Å². The highest BCUT2D eigenvalue weighted by Crippen LogP contribution is 2.31. The Morgan fingerprint density at radius 2 is 1.84 bits per heavy atom. The molecule has 0 aliphatic heterocycles. The Labute approximate surface area is 131 Å². The van der Waals surface area contributed by atoms with Gasteiger partial charge in [0.25, 0.3) is 0 Å². The van der Waals surface area contributed by atoms with Crippen LogP contribution < -0.4 is 5.73 Å². The largest absolute Gasteiger partial charge is 0.321 e. The lowest BCUT2D eigenvalue weighted by Crippen LogP contribution is -2.35. The van der Waals surface area contributed by atoms with Crippen molar-refractivity contribution >= 4 is 39.1 Å². The first-order chi connectivity index (χ1) is 8.90. The van der Waals surface area contributed by atoms with Crippen LogP contribution >= 0.6 is 39.1 Å². The molecular formula is C15H14BrCl2N. The zero-order chi connectivity index (χ0) is 14.0. The minimum atomic E-state index is -0.502. The molecule has 0 amide bonds. The highest BCUT2D eigenvalue weighted by atomic mass is 79.9. The highest BCUT2D eigenvalue weighted by molar-refractivity contribution is 9.10. The summed E-state index contributed by atoms with van der Waals surface area (Å²) in [6, 6.07) is 13.6. The van der Waals surface area contributed by atoms with Crippen LogP contribution in [0.25, 0.3) is 0 Å². The molecule has 1 nitrogen and oxygen atoms in total. The van der Waals surface area contributed by atoms with E-state index in [0.29, 0.717) is 16.5 Å². The first-order valence-corrected chi connectivity index (χ1v) is 7.43. The van der Waals surface area contributed by atoms with E-state index in [1.807, 2.05) is 43.3 Å². The lowest BCUT2D eigenvalue weighted by Gasteiger charge is -2.26. The molecule has 0 saturated carbocycles. The molecule has 2 rings (SSSR count). The average Bonchev–Trinajstić information content (AvgIpc) is 2.35. The number of rotatable bonds is 3. The Kier molecular flexibility index (Phi) is 4.57. The second kappa shape index (κ2) is 5.84. The first-order valence-electron chi connectivity index (χ1n) is 5.88. The van der Waals surface area contributed by atoms with Crippen molar-refractivity contribution in [3.63, 3.8) is 0 Å². The van der Waals surface area contributed by atoms with Crippen LogP contribution in [0, 0.1) is 0 Å². The van der Waals surface area contributed by atoms with Crippen molar-refractivity contribution in [3.8, 4) is 0 Å². The van der Waals surface area contributed by atoms with Crippen LogP contribution in [0.1, 0.15) is 18.1 Å². The molecule has 100 valence electrons. The Bertz CT molecular complexity index is 596. The van der Waals surface area contributed by atoms with Gasteiger partial charge >= 0.3 is 0 Å². The quantitative estimate of drug-likeness (QED) is 0.804. The third kappa shape index (κ3) is 3.51. The third-order valence-corrected chi connectivity index (χ3v) is 4.42. The standard InChI is InChI=1S/C15H14BrCl2N/c1-15(19,11-5-3-6-12(16)8-11)9-10-4-2-7-13(17)14(10)18/h2-8H,9,19H2,1H3. The fourth-order valence-electron chi connectivity index (χ4n) is 2.03. The van der Waals surface area contributed by atoms with Crippen LogP contribution in [0.5, 0.6) is 0 Å². The van der Waals surface area contributed by atoms with E-state index < -0.39 is 5.54 Å². The van der Waals surface area contributed by atoms with E-state index in [1.54, 1.807) is 6.07 Å². The molecule has 0 aliphatic rings. The number of halogens is 3. The average molecular weight is 359 g/mol. The molecule has 0 heterocycles. The monoisotopic (exact) mass is 357 g/mol. The van der Waals surface area contributed by atoms with Crippen LogP contribution in [0.3, 0.4) is 0 Å². The van der Waals surface area contributed by atoms with Crippen molar-refractivity contribution in [2.45, 2.75) is 18.9 Å². The summed E-state index contributed by atoms with van der Waals surface area (Å²) in [6.07, 6.45) is 0.628. The maximum absolute atomic E-state index is 6.44. The maximum atomic E-state index is 6.44. The zero-order valence-corrected chi connectivity index (χ0v) is 13.6. The molecule has 0 spiro atoms. The van der Waals surface area contributed by atoms with E-state index in [2.05, 4.69) is 15.9 Å². The molecule has 1 atom stereocenters. The molecule has 1 unspecified atom stereocenters. The van der Waals surface area contributed by atoms with Crippen molar-refractivity contribution < 1.29 is 0 Å². The predicted octanol–water partition coefficient (Wildman–Crippen LogP) is 5.17. The first kappa shape index (κ1) is 14.9. The SMILES string of the molecule is CC(N)(Cc1cccc(Cl)c1Cl)c1cccc(Br)c1. The van der Waals surface area contributed by atoms with Crippen LogP contribution in [-0.2, 0) is 12.0 Å². The third-order valence-electron chi connectivity index (χ3n) is 3.07. The lowest BCUT2D eigenvalue weighted by atomic mass is 9.86. The lowest BCUT2D eigenvalue weighted by molar-refractivity contribution is 0.491. The minimum absolute atomic E-state index is 0.502. The molecule has 0 bridgehead atoms. The minimum Gasteiger partial charge on any atom is -0.321 e. The molecule has 2 aromatic rings. The summed E-state index contributed by atoms with van der Waals surface area (Å²) in [5.41, 5.74) is 7.94. The number of nitrogens with two attached hydrogens (primary N) is 1. The van der Waals surface area contributed by atoms with Gasteiger partial charge in [0.05, 0.1) is 10.0 Å². The molecule has 0 saturated heterocycles. The van der Waals surface area contributed by atoms with E-state index in [1.165, 1.54) is 0 Å². The molecule has 0 fully saturated rings. The summed E-state index contributed by atoms with van der Waals surface area (Å²) >= 11 is 15.7. The van der Waals surface area contributed by atoms with E-state index in [-0.39, 0.29) is 0 Å². The molecule has 0 aliphatic carbocycles. The zero-order valence-electron chi connectivity index (χ0n) is 10.5. The van der Waals surface area contributed by atoms with Gasteiger partial charge in [-0.15, -0.1) is 0 Å². The predicted molar refractivity (Wildman–Crippen MR) is 85.8 cm³/mol. The number of benzene rings is 2. The topological polar surface area (TPSA) is 26.0 Å². The Morgan fingerprint density at radius 3 is 2.53 bits per heavy atom. The van der Waals surface area contributed by atoms with Crippen molar-refractivity contribution in [2.24, 2.45) is 5.73 Å². The second-order valence-electron chi connectivity index (χ2n) is 4.82. The van der Waals surface area contributed by atoms with Gasteiger partial charge in [-0.2, -0.15) is 0 Å². The van der Waals surface area contributed by atoms with Crippen molar-refractivity contribution in [1.82, 2.24) is 0 Å². The van der Waals surface area contributed by atoms with Crippen molar-refractivity contribution in [2.75, 3.05) is 0 Å². The van der Waals surface area contributed by atoms with Gasteiger partial charge in [-0.05, 0) is 42.7 Å². The fourth-order valence-corrected chi connectivity index (χ4v) is 2.81. The molecule has 2 aromatic carbocycles. The number of hydrogen-bond acceptors (Lipinski definition) is 1. The van der Waals surface area contributed by atoms with Gasteiger partial charge in [-0.25, -0.2) is 0 Å². The Balaban J connectivity index is 2.33. The Hall–Kier alpha value is -0.540. The summed E-state index contributed by atoms with van der Waals surface area (Å²) in [7, 11) is 0. The van der Waals surface area contributed by atoms with Gasteiger partial charge in [0.2, 0.25) is 0 Å². The molecule has 4 heteroatoms. The van der Waals surface area contributed by atoms with Gasteiger partial charge in [-0.3, -0.25) is 0 Å². The van der Waals surface area contributed by atoms with Gasteiger partial charge in [-0.1, -0.05) is 63.4 Å². The van der Waals surface area contributed by atoms with Gasteiger partial charge in [0.15, 0.2) is 0 Å². The van der Waals surface area contributed by atoms with Gasteiger partial charge < -0.3 is 5.73 Å². The highest BCUT2D eigenvalue weighted by Gasteiger charge is 2.23. The summed E-state index contributed by atoms with van der Waals surface area (Å²) in [4.78, 5) is 0. The molecular weight excluding hydrogens is 345 g/mol. The Morgan fingerprint density at radius 1 is 1.16 bits per heavy atom. The van der Waals surface area contributed by atoms with Crippen molar-refractivity contribution in [3.05, 3.63) is 68.1 Å². The smallest absolute Gasteiger partial charge is 0.0625 e. The molecule has 0 radical (unpaired) electrons. The molecule has 0 aromatic heterocycles. The summed E-state index contributed by atoms with van der Waals surface area (Å²) in [5.74, 6) is 0. The van der Waals surface area contributed by atoms with Crippen LogP contribution in [0.4, 0.5) is 0 Å². The van der Waals surface area contributed by atoms with E-state index in [4.69, 9.17) is 28.9 Å². The van der Waals surface area contributed by atoms with E-state index in [0.717, 1.165) is 15.6 Å². The fraction of sp³-hybridized carbons (Fsp3) is 0.200. The van der Waals surface area contributed by atoms with Gasteiger partial charge in [0, 0.05) is 10.0 Å². The summed E-state index contributed by atoms with van der Waals surface area (Å²) in [5, 5.41) is 1.14. The second-order valence-corrected chi connectivity index (χ2v) is 6.52. The summed E-state index contributed by atoms with van der Waals surface area (Å²) in [6.45, 7) is 1.99. The normalized spacial score (nSPS) is 14.2. The maximum Gasteiger partial charge on any atom is 0.0625 e. The van der Waals surface area contributed by atoms with Crippen molar-refractivity contribution in [1.29, 1.82) is 0 Å². The molecule has 19 heavy (non-hydrogen) atoms. The van der Waals surface area contributed by atoms with Crippen LogP contribution in [0.2, 0.25) is 10.0 Å². The molecule has 2 N–H and O–H groups in total. The van der Waals surface area contributed by atoms with Crippen LogP contribution in [-0.4, -0.2) is 0 Å². The van der Waals surface area contributed by atoms with E-state index >= 15 is 0 Å². The number of hydrogen-bond donors (Lipinski definition) is 1. The van der Waals surface area contributed by atoms with Gasteiger partial charge in [0.1, 0.15) is 0 Å².